The van der Waals surface area contributed by atoms with Crippen LogP contribution in [0.25, 0.3) is 0 Å². The zero-order chi connectivity index (χ0) is 6.53. The number of aromatic nitrogens is 1. The Kier molecular flexibility index (Phi) is 2.51. The van der Waals surface area contributed by atoms with Crippen LogP contribution >= 0.6 is 12.1 Å². The Hall–Kier alpha value is -0.570. The maximum atomic E-state index is 11.6. The van der Waals surface area contributed by atoms with Gasteiger partial charge in [0.2, 0.25) is 0 Å². The summed E-state index contributed by atoms with van der Waals surface area (Å²) in [7, 11) is 0. The van der Waals surface area contributed by atoms with Gasteiger partial charge in [-0.2, -0.15) is 3.89 Å². The van der Waals surface area contributed by atoms with E-state index < -0.39 is 0 Å². The molecule has 0 unspecified atom stereocenters. The normalized spacial score (nSPS) is 9.44. The SMILES string of the molecule is FSCc1cccnc1. The van der Waals surface area contributed by atoms with Crippen LogP contribution < -0.4 is 0 Å². The van der Waals surface area contributed by atoms with Crippen molar-refractivity contribution in [3.05, 3.63) is 30.1 Å². The van der Waals surface area contributed by atoms with Gasteiger partial charge in [0, 0.05) is 24.5 Å². The molecule has 0 saturated carbocycles. The smallest absolute Gasteiger partial charge is 0.0516 e. The van der Waals surface area contributed by atoms with E-state index in [1.54, 1.807) is 18.5 Å². The average Bonchev–Trinajstić information content (AvgIpc) is 1.91. The van der Waals surface area contributed by atoms with Crippen LogP contribution in [0.1, 0.15) is 5.56 Å². The first-order valence-electron chi connectivity index (χ1n) is 2.56. The third-order valence-corrected chi connectivity index (χ3v) is 1.39. The van der Waals surface area contributed by atoms with Gasteiger partial charge in [-0.05, 0) is 11.6 Å². The topological polar surface area (TPSA) is 12.9 Å². The summed E-state index contributed by atoms with van der Waals surface area (Å²) in [5.74, 6) is 0.397. The Morgan fingerprint density at radius 3 is 3.11 bits per heavy atom. The third-order valence-electron chi connectivity index (χ3n) is 0.944. The molecule has 9 heavy (non-hydrogen) atoms. The van der Waals surface area contributed by atoms with E-state index in [1.165, 1.54) is 0 Å². The number of hydrogen-bond acceptors (Lipinski definition) is 2. The lowest BCUT2D eigenvalue weighted by Gasteiger charge is -1.90. The van der Waals surface area contributed by atoms with Crippen molar-refractivity contribution in [3.8, 4) is 0 Å². The lowest BCUT2D eigenvalue weighted by Crippen LogP contribution is -1.77. The second-order valence-corrected chi connectivity index (χ2v) is 2.12. The van der Waals surface area contributed by atoms with E-state index in [0.29, 0.717) is 17.9 Å². The zero-order valence-corrected chi connectivity index (χ0v) is 5.57. The Morgan fingerprint density at radius 1 is 1.67 bits per heavy atom. The van der Waals surface area contributed by atoms with Crippen LogP contribution in [0.3, 0.4) is 0 Å². The van der Waals surface area contributed by atoms with Gasteiger partial charge in [-0.15, -0.1) is 0 Å². The monoisotopic (exact) mass is 143 g/mol. The summed E-state index contributed by atoms with van der Waals surface area (Å²) in [6.07, 6.45) is 3.33. The van der Waals surface area contributed by atoms with Crippen molar-refractivity contribution in [2.75, 3.05) is 0 Å². The lowest BCUT2D eigenvalue weighted by atomic mass is 10.3. The van der Waals surface area contributed by atoms with Gasteiger partial charge in [-0.3, -0.25) is 4.98 Å². The summed E-state index contributed by atoms with van der Waals surface area (Å²) in [6, 6.07) is 3.64. The molecule has 1 nitrogen and oxygen atoms in total. The van der Waals surface area contributed by atoms with Crippen LogP contribution in [0.5, 0.6) is 0 Å². The first-order chi connectivity index (χ1) is 4.43. The number of pyridine rings is 1. The van der Waals surface area contributed by atoms with Gasteiger partial charge in [0.1, 0.15) is 0 Å². The lowest BCUT2D eigenvalue weighted by molar-refractivity contribution is 0.932. The highest BCUT2D eigenvalue weighted by Gasteiger charge is 1.88. The molecule has 0 amide bonds. The molecule has 0 aliphatic carbocycles. The molecule has 0 aliphatic rings. The molecule has 1 heterocycles. The first-order valence-corrected chi connectivity index (χ1v) is 3.44. The summed E-state index contributed by atoms with van der Waals surface area (Å²) >= 11 is 0.315. The van der Waals surface area contributed by atoms with Gasteiger partial charge in [0.15, 0.2) is 0 Å². The second kappa shape index (κ2) is 3.45. The van der Waals surface area contributed by atoms with Crippen molar-refractivity contribution in [3.63, 3.8) is 0 Å². The van der Waals surface area contributed by atoms with Crippen LogP contribution in [0.2, 0.25) is 0 Å². The standard InChI is InChI=1S/C6H6FNS/c7-9-5-6-2-1-3-8-4-6/h1-4H,5H2. The molecule has 0 bridgehead atoms. The first kappa shape index (κ1) is 6.55. The zero-order valence-electron chi connectivity index (χ0n) is 4.75. The minimum Gasteiger partial charge on any atom is -0.264 e. The van der Waals surface area contributed by atoms with Gasteiger partial charge in [0.05, 0.1) is 5.75 Å². The fraction of sp³-hybridized carbons (Fsp3) is 0.167. The van der Waals surface area contributed by atoms with Crippen molar-refractivity contribution >= 4 is 12.1 Å². The summed E-state index contributed by atoms with van der Waals surface area (Å²) in [5, 5.41) is 0. The van der Waals surface area contributed by atoms with Crippen LogP contribution in [0.15, 0.2) is 24.5 Å². The third kappa shape index (κ3) is 2.01. The highest BCUT2D eigenvalue weighted by Crippen LogP contribution is 2.09. The molecule has 0 atom stereocenters. The van der Waals surface area contributed by atoms with Crippen molar-refractivity contribution in [1.82, 2.24) is 4.98 Å². The summed E-state index contributed by atoms with van der Waals surface area (Å²) in [5.41, 5.74) is 0.921. The molecule has 0 saturated heterocycles. The maximum Gasteiger partial charge on any atom is 0.0516 e. The average molecular weight is 143 g/mol. The molecule has 0 spiro atoms. The van der Waals surface area contributed by atoms with Crippen molar-refractivity contribution < 1.29 is 3.89 Å². The van der Waals surface area contributed by atoms with Gasteiger partial charge < -0.3 is 0 Å². The number of halogens is 1. The van der Waals surface area contributed by atoms with Crippen molar-refractivity contribution in [2.45, 2.75) is 5.75 Å². The predicted octanol–water partition coefficient (Wildman–Crippen LogP) is 2.20. The molecule has 0 aromatic carbocycles. The van der Waals surface area contributed by atoms with Crippen LogP contribution in [-0.4, -0.2) is 4.98 Å². The van der Waals surface area contributed by atoms with E-state index in [1.807, 2.05) is 6.07 Å². The molecule has 48 valence electrons. The van der Waals surface area contributed by atoms with E-state index in [-0.39, 0.29) is 0 Å². The Labute approximate surface area is 57.6 Å². The van der Waals surface area contributed by atoms with Crippen LogP contribution in [-0.2, 0) is 5.75 Å². The largest absolute Gasteiger partial charge is 0.264 e. The molecule has 0 radical (unpaired) electrons. The molecular weight excluding hydrogens is 137 g/mol. The number of nitrogens with zero attached hydrogens (tertiary/aromatic N) is 1. The molecule has 1 aromatic heterocycles. The van der Waals surface area contributed by atoms with Crippen molar-refractivity contribution in [1.29, 1.82) is 0 Å². The number of rotatable bonds is 2. The summed E-state index contributed by atoms with van der Waals surface area (Å²) < 4.78 is 11.6. The van der Waals surface area contributed by atoms with E-state index >= 15 is 0 Å². The second-order valence-electron chi connectivity index (χ2n) is 1.61. The highest BCUT2D eigenvalue weighted by atomic mass is 32.2. The maximum absolute atomic E-state index is 11.6. The Bertz CT molecular complexity index is 166. The summed E-state index contributed by atoms with van der Waals surface area (Å²) in [4.78, 5) is 3.82. The minimum atomic E-state index is 0.315. The molecule has 0 fully saturated rings. The molecule has 0 aliphatic heterocycles. The van der Waals surface area contributed by atoms with Gasteiger partial charge in [-0.1, -0.05) is 6.07 Å². The van der Waals surface area contributed by atoms with E-state index in [2.05, 4.69) is 4.98 Å². The van der Waals surface area contributed by atoms with Crippen molar-refractivity contribution in [2.24, 2.45) is 0 Å². The van der Waals surface area contributed by atoms with Gasteiger partial charge >= 0.3 is 0 Å². The van der Waals surface area contributed by atoms with E-state index in [9.17, 15) is 3.89 Å². The van der Waals surface area contributed by atoms with Crippen LogP contribution in [0.4, 0.5) is 3.89 Å². The fourth-order valence-electron chi connectivity index (χ4n) is 0.546. The van der Waals surface area contributed by atoms with E-state index in [4.69, 9.17) is 0 Å². The Balaban J connectivity index is 2.61. The quantitative estimate of drug-likeness (QED) is 0.629. The molecule has 3 heteroatoms. The van der Waals surface area contributed by atoms with Gasteiger partial charge in [0.25, 0.3) is 0 Å². The highest BCUT2D eigenvalue weighted by molar-refractivity contribution is 7.93. The molecular formula is C6H6FNS. The number of hydrogen-bond donors (Lipinski definition) is 0. The molecule has 0 N–H and O–H groups in total. The van der Waals surface area contributed by atoms with Crippen LogP contribution in [0, 0.1) is 0 Å². The minimum absolute atomic E-state index is 0.315. The Morgan fingerprint density at radius 2 is 2.56 bits per heavy atom. The predicted molar refractivity (Wildman–Crippen MR) is 36.6 cm³/mol. The fourth-order valence-corrected chi connectivity index (χ4v) is 0.843. The molecule has 1 aromatic rings. The molecule has 1 rings (SSSR count). The van der Waals surface area contributed by atoms with E-state index in [0.717, 1.165) is 5.56 Å². The summed E-state index contributed by atoms with van der Waals surface area (Å²) in [6.45, 7) is 0. The van der Waals surface area contributed by atoms with Gasteiger partial charge in [-0.25, -0.2) is 0 Å².